The molecule has 196 valence electrons. The summed E-state index contributed by atoms with van der Waals surface area (Å²) in [6.07, 6.45) is -2.87. The van der Waals surface area contributed by atoms with Gasteiger partial charge in [0.1, 0.15) is 5.54 Å². The van der Waals surface area contributed by atoms with Gasteiger partial charge < -0.3 is 26.3 Å². The number of alkyl halides is 3. The molecule has 1 spiro atoms. The topological polar surface area (TPSA) is 183 Å². The van der Waals surface area contributed by atoms with Crippen molar-refractivity contribution in [3.63, 3.8) is 0 Å². The Hall–Kier alpha value is -4.17. The zero-order valence-electron chi connectivity index (χ0n) is 18.8. The number of carboxylic acid groups (broad SMARTS) is 2. The van der Waals surface area contributed by atoms with Gasteiger partial charge >= 0.3 is 24.1 Å². The number of rotatable bonds is 6. The molecule has 2 saturated heterocycles. The normalized spacial score (nSPS) is 17.1. The molecule has 0 atom stereocenters. The van der Waals surface area contributed by atoms with Crippen molar-refractivity contribution in [2.45, 2.75) is 37.4 Å². The van der Waals surface area contributed by atoms with Crippen LogP contribution in [0.1, 0.15) is 41.6 Å². The maximum Gasteiger partial charge on any atom is 0.490 e. The third-order valence-electron chi connectivity index (χ3n) is 5.55. The maximum absolute atomic E-state index is 12.8. The van der Waals surface area contributed by atoms with Crippen LogP contribution in [0.2, 0.25) is 0 Å². The molecule has 2 aliphatic heterocycles. The van der Waals surface area contributed by atoms with Crippen molar-refractivity contribution in [3.8, 4) is 0 Å². The van der Waals surface area contributed by atoms with Crippen LogP contribution in [-0.4, -0.2) is 87.4 Å². The van der Waals surface area contributed by atoms with Gasteiger partial charge in [-0.2, -0.15) is 18.3 Å². The van der Waals surface area contributed by atoms with Crippen LogP contribution in [0, 0.1) is 0 Å². The number of benzene rings is 1. The fourth-order valence-electron chi connectivity index (χ4n) is 3.68. The molecule has 1 aromatic carbocycles. The second kappa shape index (κ2) is 11.5. The van der Waals surface area contributed by atoms with E-state index in [1.807, 2.05) is 0 Å². The highest BCUT2D eigenvalue weighted by molar-refractivity contribution is 6.07. The fourth-order valence-corrected chi connectivity index (χ4v) is 3.68. The standard InChI is InChI=1S/C19H23N5O5.C2HF3O2/c20-21-12-13-3-5-14(6-4-13)16(27)23-10-7-19(8-11-23)17(28)24(18(29)22-19)9-1-2-15(25)26;3-2(4,5)1(6)7/h3-6,12H,1-2,7-11,20H2,(H,22,29)(H,25,26);(H,6,7). The second-order valence-electron chi connectivity index (χ2n) is 7.96. The summed E-state index contributed by atoms with van der Waals surface area (Å²) in [6, 6.07) is 6.36. The van der Waals surface area contributed by atoms with E-state index in [9.17, 15) is 32.3 Å². The summed E-state index contributed by atoms with van der Waals surface area (Å²) in [7, 11) is 0. The molecule has 36 heavy (non-hydrogen) atoms. The van der Waals surface area contributed by atoms with Crippen molar-refractivity contribution in [1.29, 1.82) is 0 Å². The van der Waals surface area contributed by atoms with Gasteiger partial charge in [-0.25, -0.2) is 9.59 Å². The summed E-state index contributed by atoms with van der Waals surface area (Å²) in [5.41, 5.74) is 0.287. The zero-order valence-corrected chi connectivity index (χ0v) is 18.8. The first-order chi connectivity index (χ1) is 16.8. The number of nitrogens with two attached hydrogens (primary N) is 1. The van der Waals surface area contributed by atoms with Crippen LogP contribution in [0.5, 0.6) is 0 Å². The number of hydrogen-bond acceptors (Lipinski definition) is 7. The third-order valence-corrected chi connectivity index (χ3v) is 5.55. The number of hydrogen-bond donors (Lipinski definition) is 4. The Morgan fingerprint density at radius 3 is 2.14 bits per heavy atom. The molecule has 2 heterocycles. The highest BCUT2D eigenvalue weighted by Crippen LogP contribution is 2.30. The maximum atomic E-state index is 12.8. The number of urea groups is 1. The lowest BCUT2D eigenvalue weighted by Crippen LogP contribution is -2.55. The van der Waals surface area contributed by atoms with Gasteiger partial charge in [-0.15, -0.1) is 0 Å². The number of amides is 4. The largest absolute Gasteiger partial charge is 0.490 e. The van der Waals surface area contributed by atoms with Crippen LogP contribution >= 0.6 is 0 Å². The van der Waals surface area contributed by atoms with Crippen molar-refractivity contribution < 1.29 is 47.4 Å². The van der Waals surface area contributed by atoms with Gasteiger partial charge in [0.05, 0.1) is 6.21 Å². The predicted octanol–water partition coefficient (Wildman–Crippen LogP) is 1.00. The fraction of sp³-hybridized carbons (Fsp3) is 0.429. The van der Waals surface area contributed by atoms with E-state index in [1.165, 1.54) is 6.21 Å². The second-order valence-corrected chi connectivity index (χ2v) is 7.96. The van der Waals surface area contributed by atoms with Gasteiger partial charge in [-0.3, -0.25) is 19.3 Å². The Morgan fingerprint density at radius 1 is 1.11 bits per heavy atom. The summed E-state index contributed by atoms with van der Waals surface area (Å²) in [4.78, 5) is 60.0. The molecule has 0 aromatic heterocycles. The summed E-state index contributed by atoms with van der Waals surface area (Å²) in [6.45, 7) is 0.736. The van der Waals surface area contributed by atoms with Crippen molar-refractivity contribution in [1.82, 2.24) is 15.1 Å². The molecule has 0 aliphatic carbocycles. The van der Waals surface area contributed by atoms with Crippen LogP contribution in [0.3, 0.4) is 0 Å². The number of aliphatic carboxylic acids is 2. The number of likely N-dealkylation sites (tertiary alicyclic amines) is 1. The lowest BCUT2D eigenvalue weighted by molar-refractivity contribution is -0.192. The molecule has 0 radical (unpaired) electrons. The Labute approximate surface area is 202 Å². The Bertz CT molecular complexity index is 1040. The van der Waals surface area contributed by atoms with E-state index in [-0.39, 0.29) is 31.2 Å². The number of piperidine rings is 1. The number of nitrogens with zero attached hydrogens (tertiary/aromatic N) is 3. The van der Waals surface area contributed by atoms with E-state index < -0.39 is 29.7 Å². The molecule has 2 aliphatic rings. The third kappa shape index (κ3) is 6.93. The minimum Gasteiger partial charge on any atom is -0.481 e. The SMILES string of the molecule is NN=Cc1ccc(C(=O)N2CCC3(CC2)NC(=O)N(CCCC(=O)O)C3=O)cc1.O=C(O)C(F)(F)F. The first-order valence-electron chi connectivity index (χ1n) is 10.6. The van der Waals surface area contributed by atoms with E-state index in [0.29, 0.717) is 31.5 Å². The summed E-state index contributed by atoms with van der Waals surface area (Å²) >= 11 is 0. The molecule has 0 unspecified atom stereocenters. The van der Waals surface area contributed by atoms with Gasteiger partial charge in [-0.05, 0) is 37.0 Å². The molecule has 15 heteroatoms. The molecule has 12 nitrogen and oxygen atoms in total. The van der Waals surface area contributed by atoms with Gasteiger partial charge in [0.25, 0.3) is 11.8 Å². The van der Waals surface area contributed by atoms with Crippen molar-refractivity contribution >= 4 is 36.0 Å². The quantitative estimate of drug-likeness (QED) is 0.187. The first kappa shape index (κ1) is 28.1. The van der Waals surface area contributed by atoms with E-state index in [4.69, 9.17) is 20.9 Å². The number of imide groups is 1. The predicted molar refractivity (Wildman–Crippen MR) is 117 cm³/mol. The number of nitrogens with one attached hydrogen (secondary N) is 1. The van der Waals surface area contributed by atoms with E-state index in [0.717, 1.165) is 10.5 Å². The summed E-state index contributed by atoms with van der Waals surface area (Å²) < 4.78 is 31.7. The molecule has 1 aromatic rings. The van der Waals surface area contributed by atoms with E-state index >= 15 is 0 Å². The van der Waals surface area contributed by atoms with Crippen LogP contribution in [0.15, 0.2) is 29.4 Å². The van der Waals surface area contributed by atoms with Crippen LogP contribution < -0.4 is 11.2 Å². The highest BCUT2D eigenvalue weighted by Gasteiger charge is 2.52. The monoisotopic (exact) mass is 515 g/mol. The van der Waals surface area contributed by atoms with Crippen molar-refractivity contribution in [2.75, 3.05) is 19.6 Å². The summed E-state index contributed by atoms with van der Waals surface area (Å²) in [5.74, 6) is 0.894. The smallest absolute Gasteiger partial charge is 0.481 e. The Kier molecular flexibility index (Phi) is 8.97. The number of halogens is 3. The molecule has 2 fully saturated rings. The Balaban J connectivity index is 0.000000572. The summed E-state index contributed by atoms with van der Waals surface area (Å²) in [5, 5.41) is 22.0. The minimum atomic E-state index is -5.08. The number of carbonyl (C=O) groups is 5. The molecule has 3 rings (SSSR count). The first-order valence-corrected chi connectivity index (χ1v) is 10.6. The Morgan fingerprint density at radius 2 is 1.67 bits per heavy atom. The van der Waals surface area contributed by atoms with E-state index in [2.05, 4.69) is 10.4 Å². The van der Waals surface area contributed by atoms with Gasteiger partial charge in [-0.1, -0.05) is 12.1 Å². The van der Waals surface area contributed by atoms with Gasteiger partial charge in [0.2, 0.25) is 0 Å². The van der Waals surface area contributed by atoms with Crippen LogP contribution in [-0.2, 0) is 14.4 Å². The van der Waals surface area contributed by atoms with Crippen LogP contribution in [0.4, 0.5) is 18.0 Å². The average Bonchev–Trinajstić information content (AvgIpc) is 3.03. The van der Waals surface area contributed by atoms with Gasteiger partial charge in [0.15, 0.2) is 0 Å². The minimum absolute atomic E-state index is 0.0693. The molecule has 4 amide bonds. The number of hydrazone groups is 1. The number of carbonyl (C=O) groups excluding carboxylic acids is 3. The van der Waals surface area contributed by atoms with E-state index in [1.54, 1.807) is 29.2 Å². The molecule has 0 saturated carbocycles. The molecule has 5 N–H and O–H groups in total. The molecular formula is C21H24F3N5O7. The zero-order chi connectivity index (χ0) is 27.1. The van der Waals surface area contributed by atoms with Crippen LogP contribution in [0.25, 0.3) is 0 Å². The molecular weight excluding hydrogens is 491 g/mol. The van der Waals surface area contributed by atoms with Crippen molar-refractivity contribution in [2.24, 2.45) is 10.9 Å². The lowest BCUT2D eigenvalue weighted by Gasteiger charge is -2.37. The molecule has 0 bridgehead atoms. The highest BCUT2D eigenvalue weighted by atomic mass is 19.4. The van der Waals surface area contributed by atoms with Crippen molar-refractivity contribution in [3.05, 3.63) is 35.4 Å². The number of carboxylic acids is 2. The lowest BCUT2D eigenvalue weighted by atomic mass is 9.87. The van der Waals surface area contributed by atoms with Gasteiger partial charge in [0, 0.05) is 31.6 Å². The average molecular weight is 515 g/mol.